The van der Waals surface area contributed by atoms with Gasteiger partial charge in [0, 0.05) is 17.0 Å². The lowest BCUT2D eigenvalue weighted by Gasteiger charge is -2.12. The molecule has 0 aliphatic heterocycles. The number of H-pyrrole nitrogens is 1. The molecule has 0 aliphatic carbocycles. The van der Waals surface area contributed by atoms with Crippen LogP contribution >= 0.6 is 11.6 Å². The summed E-state index contributed by atoms with van der Waals surface area (Å²) in [6.45, 7) is 4.24. The Hall–Kier alpha value is -3.31. The van der Waals surface area contributed by atoms with Crippen molar-refractivity contribution in [2.45, 2.75) is 19.8 Å². The Kier molecular flexibility index (Phi) is 5.22. The number of aromatic hydroxyl groups is 1. The second-order valence-electron chi connectivity index (χ2n) is 7.35. The summed E-state index contributed by atoms with van der Waals surface area (Å²) in [5.74, 6) is -0.647. The predicted octanol–water partition coefficient (Wildman–Crippen LogP) is 6.61. The van der Waals surface area contributed by atoms with E-state index in [1.807, 2.05) is 24.3 Å². The molecule has 152 valence electrons. The van der Waals surface area contributed by atoms with Gasteiger partial charge in [-0.25, -0.2) is 4.39 Å². The van der Waals surface area contributed by atoms with Crippen LogP contribution in [0, 0.1) is 5.82 Å². The van der Waals surface area contributed by atoms with Gasteiger partial charge in [0.05, 0.1) is 10.5 Å². The maximum absolute atomic E-state index is 13.4. The topological polar surface area (TPSA) is 62.3 Å². The highest BCUT2D eigenvalue weighted by molar-refractivity contribution is 6.34. The second kappa shape index (κ2) is 7.84. The van der Waals surface area contributed by atoms with E-state index in [-0.39, 0.29) is 17.2 Å². The molecule has 0 radical (unpaired) electrons. The van der Waals surface area contributed by atoms with Crippen molar-refractivity contribution in [2.75, 3.05) is 0 Å². The average Bonchev–Trinajstić information content (AvgIpc) is 2.71. The molecule has 0 saturated heterocycles. The van der Waals surface area contributed by atoms with Crippen molar-refractivity contribution in [1.29, 1.82) is 0 Å². The van der Waals surface area contributed by atoms with Gasteiger partial charge >= 0.3 is 0 Å². The zero-order chi connectivity index (χ0) is 21.4. The van der Waals surface area contributed by atoms with Crippen molar-refractivity contribution >= 4 is 22.5 Å². The fourth-order valence-corrected chi connectivity index (χ4v) is 3.57. The number of nitrogens with one attached hydrogen (secondary N) is 1. The van der Waals surface area contributed by atoms with Crippen LogP contribution in [0.25, 0.3) is 22.0 Å². The van der Waals surface area contributed by atoms with E-state index >= 15 is 0 Å². The van der Waals surface area contributed by atoms with Gasteiger partial charge in [0.15, 0.2) is 5.75 Å². The molecule has 0 spiro atoms. The van der Waals surface area contributed by atoms with Crippen LogP contribution in [0.3, 0.4) is 0 Å². The largest absolute Gasteiger partial charge is 0.504 e. The summed E-state index contributed by atoms with van der Waals surface area (Å²) in [5.41, 5.74) is 2.52. The Labute approximate surface area is 177 Å². The molecule has 2 N–H and O–H groups in total. The molecule has 0 unspecified atom stereocenters. The number of rotatable bonds is 4. The number of halogens is 2. The minimum absolute atomic E-state index is 0.105. The summed E-state index contributed by atoms with van der Waals surface area (Å²) < 4.78 is 18.9. The lowest BCUT2D eigenvalue weighted by atomic mass is 9.98. The molecular formula is C24H19ClFNO3. The normalized spacial score (nSPS) is 11.2. The van der Waals surface area contributed by atoms with E-state index in [9.17, 15) is 14.3 Å². The molecule has 0 saturated carbocycles. The lowest BCUT2D eigenvalue weighted by Crippen LogP contribution is -2.09. The molecule has 0 atom stereocenters. The molecule has 6 heteroatoms. The van der Waals surface area contributed by atoms with Crippen LogP contribution in [-0.2, 0) is 0 Å². The van der Waals surface area contributed by atoms with Gasteiger partial charge in [-0.3, -0.25) is 4.79 Å². The molecule has 0 fully saturated rings. The summed E-state index contributed by atoms with van der Waals surface area (Å²) in [6, 6.07) is 16.6. The summed E-state index contributed by atoms with van der Waals surface area (Å²) in [6.07, 6.45) is 0. The van der Waals surface area contributed by atoms with Crippen LogP contribution in [0.15, 0.2) is 65.5 Å². The molecule has 0 bridgehead atoms. The van der Waals surface area contributed by atoms with Gasteiger partial charge in [-0.05, 0) is 41.3 Å². The molecule has 4 nitrogen and oxygen atoms in total. The van der Waals surface area contributed by atoms with Crippen LogP contribution in [0.2, 0.25) is 5.02 Å². The van der Waals surface area contributed by atoms with Gasteiger partial charge in [0.1, 0.15) is 11.6 Å². The Morgan fingerprint density at radius 2 is 1.80 bits per heavy atom. The highest BCUT2D eigenvalue weighted by Gasteiger charge is 2.17. The first kappa shape index (κ1) is 20.0. The maximum atomic E-state index is 13.4. The zero-order valence-electron chi connectivity index (χ0n) is 16.4. The zero-order valence-corrected chi connectivity index (χ0v) is 17.1. The van der Waals surface area contributed by atoms with Crippen molar-refractivity contribution in [2.24, 2.45) is 0 Å². The summed E-state index contributed by atoms with van der Waals surface area (Å²) in [5, 5.41) is 11.6. The minimum Gasteiger partial charge on any atom is -0.504 e. The van der Waals surface area contributed by atoms with Gasteiger partial charge in [-0.2, -0.15) is 0 Å². The number of aromatic amines is 1. The van der Waals surface area contributed by atoms with Crippen LogP contribution < -0.4 is 10.3 Å². The molecule has 0 amide bonds. The number of ether oxygens (including phenoxy) is 1. The third kappa shape index (κ3) is 3.76. The summed E-state index contributed by atoms with van der Waals surface area (Å²) >= 11 is 6.46. The van der Waals surface area contributed by atoms with E-state index in [2.05, 4.69) is 18.8 Å². The third-order valence-corrected chi connectivity index (χ3v) is 5.25. The minimum atomic E-state index is -0.644. The van der Waals surface area contributed by atoms with Gasteiger partial charge in [-0.1, -0.05) is 55.8 Å². The Bertz CT molecular complexity index is 1300. The number of fused-ring (bicyclic) bond motifs is 1. The fraction of sp³-hybridized carbons (Fsp3) is 0.125. The Morgan fingerprint density at radius 3 is 2.47 bits per heavy atom. The van der Waals surface area contributed by atoms with E-state index in [1.54, 1.807) is 12.1 Å². The van der Waals surface area contributed by atoms with Crippen LogP contribution in [0.4, 0.5) is 4.39 Å². The number of hydrogen-bond acceptors (Lipinski definition) is 3. The highest BCUT2D eigenvalue weighted by Crippen LogP contribution is 2.38. The fourth-order valence-electron chi connectivity index (χ4n) is 3.29. The maximum Gasteiger partial charge on any atom is 0.295 e. The quantitative estimate of drug-likeness (QED) is 0.388. The smallest absolute Gasteiger partial charge is 0.295 e. The first-order chi connectivity index (χ1) is 14.3. The van der Waals surface area contributed by atoms with Crippen molar-refractivity contribution in [3.63, 3.8) is 0 Å². The number of aromatic nitrogens is 1. The van der Waals surface area contributed by atoms with Gasteiger partial charge < -0.3 is 14.8 Å². The first-order valence-corrected chi connectivity index (χ1v) is 9.83. The number of benzene rings is 3. The standard InChI is InChI=1S/C24H19ClFNO3/c1-13(2)14-6-8-15(9-7-14)18-11-19-21(12-20(18)25)27-24(29)23(22(19)28)30-17-5-3-4-16(26)10-17/h3-13H,1-2H3,(H2,27,28,29). The number of pyridine rings is 1. The Morgan fingerprint density at radius 1 is 1.07 bits per heavy atom. The monoisotopic (exact) mass is 423 g/mol. The summed E-state index contributed by atoms with van der Waals surface area (Å²) in [7, 11) is 0. The van der Waals surface area contributed by atoms with Gasteiger partial charge in [-0.15, -0.1) is 0 Å². The second-order valence-corrected chi connectivity index (χ2v) is 7.75. The highest BCUT2D eigenvalue weighted by atomic mass is 35.5. The first-order valence-electron chi connectivity index (χ1n) is 9.45. The molecule has 3 aromatic carbocycles. The van der Waals surface area contributed by atoms with Crippen molar-refractivity contribution in [1.82, 2.24) is 4.98 Å². The van der Waals surface area contributed by atoms with Crippen LogP contribution in [0.5, 0.6) is 17.2 Å². The van der Waals surface area contributed by atoms with Gasteiger partial charge in [0.2, 0.25) is 5.75 Å². The lowest BCUT2D eigenvalue weighted by molar-refractivity contribution is 0.409. The van der Waals surface area contributed by atoms with E-state index in [4.69, 9.17) is 16.3 Å². The van der Waals surface area contributed by atoms with E-state index < -0.39 is 11.4 Å². The molecule has 0 aliphatic rings. The van der Waals surface area contributed by atoms with E-state index in [0.717, 1.165) is 11.6 Å². The van der Waals surface area contributed by atoms with Crippen molar-refractivity contribution in [3.05, 3.63) is 87.4 Å². The average molecular weight is 424 g/mol. The number of hydrogen-bond donors (Lipinski definition) is 2. The molecular weight excluding hydrogens is 405 g/mol. The molecule has 30 heavy (non-hydrogen) atoms. The van der Waals surface area contributed by atoms with E-state index in [1.165, 1.54) is 23.8 Å². The molecule has 1 heterocycles. The van der Waals surface area contributed by atoms with Gasteiger partial charge in [0.25, 0.3) is 5.56 Å². The third-order valence-electron chi connectivity index (χ3n) is 4.94. The molecule has 4 rings (SSSR count). The van der Waals surface area contributed by atoms with E-state index in [0.29, 0.717) is 27.4 Å². The van der Waals surface area contributed by atoms with Crippen molar-refractivity contribution in [3.8, 4) is 28.4 Å². The summed E-state index contributed by atoms with van der Waals surface area (Å²) in [4.78, 5) is 15.1. The van der Waals surface area contributed by atoms with Crippen LogP contribution in [-0.4, -0.2) is 10.1 Å². The van der Waals surface area contributed by atoms with Crippen LogP contribution in [0.1, 0.15) is 25.3 Å². The SMILES string of the molecule is CC(C)c1ccc(-c2cc3c(O)c(Oc4cccc(F)c4)c(=O)[nH]c3cc2Cl)cc1. The van der Waals surface area contributed by atoms with Crippen molar-refractivity contribution < 1.29 is 14.2 Å². The predicted molar refractivity (Wildman–Crippen MR) is 117 cm³/mol. The Balaban J connectivity index is 1.83. The molecule has 1 aromatic heterocycles. The molecule has 4 aromatic rings.